The Labute approximate surface area is 226 Å². The van der Waals surface area contributed by atoms with Gasteiger partial charge in [-0.2, -0.15) is 0 Å². The fourth-order valence-electron chi connectivity index (χ4n) is 6.38. The largest absolute Gasteiger partial charge is 0.496 e. The van der Waals surface area contributed by atoms with Crippen LogP contribution < -0.4 is 10.1 Å². The van der Waals surface area contributed by atoms with E-state index in [1.54, 1.807) is 7.11 Å². The molecule has 7 rings (SSSR count). The van der Waals surface area contributed by atoms with Crippen molar-refractivity contribution in [3.8, 4) is 28.1 Å². The third-order valence-electron chi connectivity index (χ3n) is 8.18. The molecule has 1 aliphatic heterocycles. The first-order chi connectivity index (χ1) is 19.0. The highest BCUT2D eigenvalue weighted by molar-refractivity contribution is 6.16. The van der Waals surface area contributed by atoms with Crippen molar-refractivity contribution in [3.63, 3.8) is 0 Å². The van der Waals surface area contributed by atoms with E-state index in [-0.39, 0.29) is 0 Å². The highest BCUT2D eigenvalue weighted by Crippen LogP contribution is 2.43. The summed E-state index contributed by atoms with van der Waals surface area (Å²) in [6, 6.07) is 17.5. The minimum atomic E-state index is 0.567. The molecular weight excluding hydrogens is 486 g/mol. The van der Waals surface area contributed by atoms with Crippen LogP contribution >= 0.6 is 0 Å². The summed E-state index contributed by atoms with van der Waals surface area (Å²) in [5.74, 6) is 2.82. The first kappa shape index (κ1) is 23.9. The summed E-state index contributed by atoms with van der Waals surface area (Å²) >= 11 is 0. The molecule has 196 valence electrons. The van der Waals surface area contributed by atoms with Crippen molar-refractivity contribution in [2.45, 2.75) is 39.5 Å². The van der Waals surface area contributed by atoms with E-state index in [2.05, 4.69) is 64.0 Å². The van der Waals surface area contributed by atoms with E-state index in [1.165, 1.54) is 16.3 Å². The van der Waals surface area contributed by atoms with Gasteiger partial charge in [-0.3, -0.25) is 0 Å². The van der Waals surface area contributed by atoms with Crippen LogP contribution in [0.4, 0.5) is 0 Å². The zero-order valence-electron chi connectivity index (χ0n) is 22.7. The van der Waals surface area contributed by atoms with Gasteiger partial charge in [0.1, 0.15) is 23.0 Å². The molecule has 0 amide bonds. The standard InChI is InChI=1S/C32H31N5O2/c1-17-29(18(2)39-37-17)26-15-27-25(16-28(26)38-4)30-31(34-19(3)35-32(30)36-27)24-10-9-21(20-11-13-33-14-12-20)22-7-5-6-8-23(22)24/h5-10,15-16,20,33H,11-14H2,1-4H3,(H,34,35,36). The molecule has 7 heteroatoms. The maximum Gasteiger partial charge on any atom is 0.142 e. The minimum absolute atomic E-state index is 0.567. The van der Waals surface area contributed by atoms with Crippen molar-refractivity contribution in [3.05, 3.63) is 71.4 Å². The number of ether oxygens (including phenoxy) is 1. The van der Waals surface area contributed by atoms with E-state index in [0.717, 1.165) is 93.3 Å². The summed E-state index contributed by atoms with van der Waals surface area (Å²) in [5.41, 5.74) is 8.00. The number of methoxy groups -OCH3 is 1. The Bertz CT molecular complexity index is 1860. The molecule has 7 nitrogen and oxygen atoms in total. The molecule has 1 fully saturated rings. The lowest BCUT2D eigenvalue weighted by atomic mass is 9.85. The minimum Gasteiger partial charge on any atom is -0.496 e. The number of benzene rings is 3. The molecule has 1 saturated heterocycles. The van der Waals surface area contributed by atoms with E-state index in [0.29, 0.717) is 5.92 Å². The van der Waals surface area contributed by atoms with Crippen LogP contribution in [0.3, 0.4) is 0 Å². The van der Waals surface area contributed by atoms with Gasteiger partial charge in [0.25, 0.3) is 0 Å². The zero-order valence-corrected chi connectivity index (χ0v) is 22.7. The van der Waals surface area contributed by atoms with Gasteiger partial charge in [-0.1, -0.05) is 41.6 Å². The molecule has 1 aliphatic rings. The Morgan fingerprint density at radius 3 is 2.44 bits per heavy atom. The lowest BCUT2D eigenvalue weighted by Crippen LogP contribution is -2.26. The molecule has 0 unspecified atom stereocenters. The highest BCUT2D eigenvalue weighted by Gasteiger charge is 2.23. The van der Waals surface area contributed by atoms with Crippen molar-refractivity contribution < 1.29 is 9.26 Å². The zero-order chi connectivity index (χ0) is 26.7. The summed E-state index contributed by atoms with van der Waals surface area (Å²) in [6.45, 7) is 7.97. The highest BCUT2D eigenvalue weighted by atomic mass is 16.5. The van der Waals surface area contributed by atoms with Crippen LogP contribution in [0.1, 0.15) is 41.6 Å². The van der Waals surface area contributed by atoms with Crippen LogP contribution in [0.5, 0.6) is 5.75 Å². The number of nitrogens with one attached hydrogen (secondary N) is 2. The number of H-pyrrole nitrogens is 1. The predicted molar refractivity (Wildman–Crippen MR) is 155 cm³/mol. The quantitative estimate of drug-likeness (QED) is 0.262. The molecule has 3 aromatic heterocycles. The third kappa shape index (κ3) is 3.80. The number of hydrogen-bond acceptors (Lipinski definition) is 6. The SMILES string of the molecule is COc1cc2c(cc1-c1c(C)noc1C)[nH]c1nc(C)nc(-c3ccc(C4CCNCC4)c4ccccc34)c12. The van der Waals surface area contributed by atoms with Crippen molar-refractivity contribution in [1.82, 2.24) is 25.4 Å². The second-order valence-corrected chi connectivity index (χ2v) is 10.5. The van der Waals surface area contributed by atoms with Gasteiger partial charge in [-0.05, 0) is 81.1 Å². The fraction of sp³-hybridized carbons (Fsp3) is 0.281. The van der Waals surface area contributed by atoms with Crippen molar-refractivity contribution in [2.24, 2.45) is 0 Å². The number of aromatic nitrogens is 4. The molecule has 0 atom stereocenters. The second kappa shape index (κ2) is 9.20. The van der Waals surface area contributed by atoms with Gasteiger partial charge in [0.15, 0.2) is 0 Å². The van der Waals surface area contributed by atoms with Gasteiger partial charge in [0.05, 0.1) is 29.4 Å². The first-order valence-electron chi connectivity index (χ1n) is 13.6. The summed E-state index contributed by atoms with van der Waals surface area (Å²) in [7, 11) is 1.70. The Morgan fingerprint density at radius 1 is 0.897 bits per heavy atom. The normalized spacial score (nSPS) is 14.6. The molecule has 0 saturated carbocycles. The number of aryl methyl sites for hydroxylation is 3. The molecule has 6 aromatic rings. The Morgan fingerprint density at radius 2 is 1.69 bits per heavy atom. The molecule has 39 heavy (non-hydrogen) atoms. The first-order valence-corrected chi connectivity index (χ1v) is 13.6. The van der Waals surface area contributed by atoms with E-state index in [4.69, 9.17) is 19.2 Å². The Hall–Kier alpha value is -4.23. The molecule has 0 spiro atoms. The van der Waals surface area contributed by atoms with Gasteiger partial charge < -0.3 is 19.6 Å². The molecular formula is C32H31N5O2. The Kier molecular flexibility index (Phi) is 5.63. The van der Waals surface area contributed by atoms with Crippen LogP contribution in [-0.2, 0) is 0 Å². The lowest BCUT2D eigenvalue weighted by Gasteiger charge is -2.25. The lowest BCUT2D eigenvalue weighted by molar-refractivity contribution is 0.393. The molecule has 4 heterocycles. The summed E-state index contributed by atoms with van der Waals surface area (Å²) in [4.78, 5) is 13.4. The van der Waals surface area contributed by atoms with Gasteiger partial charge in [-0.15, -0.1) is 0 Å². The summed E-state index contributed by atoms with van der Waals surface area (Å²) in [5, 5.41) is 12.2. The molecule has 0 radical (unpaired) electrons. The Balaban J connectivity index is 1.49. The van der Waals surface area contributed by atoms with Gasteiger partial charge in [0, 0.05) is 22.0 Å². The molecule has 2 N–H and O–H groups in total. The summed E-state index contributed by atoms with van der Waals surface area (Å²) < 4.78 is 11.4. The maximum atomic E-state index is 5.90. The molecule has 0 bridgehead atoms. The second-order valence-electron chi connectivity index (χ2n) is 10.5. The van der Waals surface area contributed by atoms with Crippen LogP contribution in [0.2, 0.25) is 0 Å². The van der Waals surface area contributed by atoms with E-state index >= 15 is 0 Å². The van der Waals surface area contributed by atoms with Crippen LogP contribution in [-0.4, -0.2) is 40.3 Å². The van der Waals surface area contributed by atoms with Crippen molar-refractivity contribution in [2.75, 3.05) is 20.2 Å². The number of aromatic amines is 1. The molecule has 0 aliphatic carbocycles. The van der Waals surface area contributed by atoms with E-state index < -0.39 is 0 Å². The van der Waals surface area contributed by atoms with E-state index in [1.807, 2.05) is 20.8 Å². The number of nitrogens with zero attached hydrogens (tertiary/aromatic N) is 3. The van der Waals surface area contributed by atoms with Gasteiger partial charge in [-0.25, -0.2) is 9.97 Å². The molecule has 3 aromatic carbocycles. The topological polar surface area (TPSA) is 88.9 Å². The number of fused-ring (bicyclic) bond motifs is 4. The van der Waals surface area contributed by atoms with Crippen LogP contribution in [0.15, 0.2) is 53.1 Å². The fourth-order valence-corrected chi connectivity index (χ4v) is 6.38. The number of hydrogen-bond donors (Lipinski definition) is 2. The number of rotatable bonds is 4. The third-order valence-corrected chi connectivity index (χ3v) is 8.18. The average molecular weight is 518 g/mol. The monoisotopic (exact) mass is 517 g/mol. The van der Waals surface area contributed by atoms with Gasteiger partial charge >= 0.3 is 0 Å². The smallest absolute Gasteiger partial charge is 0.142 e. The van der Waals surface area contributed by atoms with E-state index in [9.17, 15) is 0 Å². The summed E-state index contributed by atoms with van der Waals surface area (Å²) in [6.07, 6.45) is 2.33. The maximum absolute atomic E-state index is 5.90. The number of piperidine rings is 1. The van der Waals surface area contributed by atoms with Crippen molar-refractivity contribution >= 4 is 32.7 Å². The predicted octanol–water partition coefficient (Wildman–Crippen LogP) is 6.99. The van der Waals surface area contributed by atoms with Crippen LogP contribution in [0.25, 0.3) is 55.1 Å². The average Bonchev–Trinajstić information content (AvgIpc) is 3.49. The van der Waals surface area contributed by atoms with Crippen LogP contribution in [0, 0.1) is 20.8 Å². The van der Waals surface area contributed by atoms with Gasteiger partial charge in [0.2, 0.25) is 0 Å². The van der Waals surface area contributed by atoms with Crippen molar-refractivity contribution in [1.29, 1.82) is 0 Å².